The molecule has 5 aromatic rings. The number of amides is 2. The maximum Gasteiger partial charge on any atom is 0.415 e. The summed E-state index contributed by atoms with van der Waals surface area (Å²) in [5.41, 5.74) is 15.6. The molecular formula is C46H55ClF2N16O5. The summed E-state index contributed by atoms with van der Waals surface area (Å²) < 4.78 is 45.0. The predicted molar refractivity (Wildman–Crippen MR) is 256 cm³/mol. The Hall–Kier alpha value is -6.85. The lowest BCUT2D eigenvalue weighted by atomic mass is 10.00. The van der Waals surface area contributed by atoms with Crippen molar-refractivity contribution >= 4 is 53.2 Å². The van der Waals surface area contributed by atoms with Crippen LogP contribution in [0.2, 0.25) is 5.15 Å². The molecule has 4 N–H and O–H groups in total. The van der Waals surface area contributed by atoms with E-state index in [-0.39, 0.29) is 60.6 Å². The molecule has 0 spiro atoms. The summed E-state index contributed by atoms with van der Waals surface area (Å²) in [5.74, 6) is 2.42. The number of ether oxygens (including phenoxy) is 3. The second-order valence-corrected chi connectivity index (χ2v) is 18.0. The summed E-state index contributed by atoms with van der Waals surface area (Å²) in [7, 11) is 1.67. The molecule has 0 aliphatic carbocycles. The third kappa shape index (κ3) is 10.6. The molecule has 70 heavy (non-hydrogen) atoms. The van der Waals surface area contributed by atoms with Crippen LogP contribution in [0.15, 0.2) is 36.7 Å². The molecule has 8 heterocycles. The number of nitrogen functional groups attached to an aromatic ring is 2. The van der Waals surface area contributed by atoms with E-state index in [2.05, 4.69) is 39.7 Å². The molecule has 3 fully saturated rings. The molecular weight excluding hydrogens is 930 g/mol. The molecule has 0 radical (unpaired) electrons. The Morgan fingerprint density at radius 1 is 0.829 bits per heavy atom. The maximum atomic E-state index is 14.1. The summed E-state index contributed by atoms with van der Waals surface area (Å²) in [5, 5.41) is 0.370. The highest BCUT2D eigenvalue weighted by molar-refractivity contribution is 6.30. The van der Waals surface area contributed by atoms with Gasteiger partial charge >= 0.3 is 6.09 Å². The monoisotopic (exact) mass is 984 g/mol. The third-order valence-corrected chi connectivity index (χ3v) is 13.4. The van der Waals surface area contributed by atoms with Crippen molar-refractivity contribution in [1.29, 1.82) is 0 Å². The topological polar surface area (TPSA) is 236 Å². The van der Waals surface area contributed by atoms with E-state index in [0.717, 1.165) is 65.6 Å². The number of fused-ring (bicyclic) bond motifs is 1. The van der Waals surface area contributed by atoms with E-state index in [9.17, 15) is 18.4 Å². The van der Waals surface area contributed by atoms with E-state index in [1.54, 1.807) is 36.3 Å². The first-order valence-corrected chi connectivity index (χ1v) is 23.6. The molecule has 3 saturated heterocycles. The first kappa shape index (κ1) is 48.2. The largest absolute Gasteiger partial charge is 0.496 e. The van der Waals surface area contributed by atoms with E-state index in [0.29, 0.717) is 82.4 Å². The molecule has 0 saturated carbocycles. The van der Waals surface area contributed by atoms with Gasteiger partial charge in [0.1, 0.15) is 28.2 Å². The number of alkyl halides is 2. The molecule has 24 heteroatoms. The Morgan fingerprint density at radius 2 is 1.51 bits per heavy atom. The predicted octanol–water partition coefficient (Wildman–Crippen LogP) is 3.93. The van der Waals surface area contributed by atoms with Gasteiger partial charge in [-0.3, -0.25) is 14.7 Å². The Morgan fingerprint density at radius 3 is 2.20 bits per heavy atom. The Balaban J connectivity index is 0.745. The first-order valence-electron chi connectivity index (χ1n) is 23.2. The number of hydrogen-bond acceptors (Lipinski definition) is 19. The van der Waals surface area contributed by atoms with Gasteiger partial charge in [0.15, 0.2) is 5.82 Å². The minimum atomic E-state index is -2.94. The van der Waals surface area contributed by atoms with Gasteiger partial charge in [0.25, 0.3) is 6.43 Å². The molecule has 2 amide bonds. The number of nitrogens with zero attached hydrogens (tertiary/aromatic N) is 14. The zero-order chi connectivity index (χ0) is 49.1. The smallest absolute Gasteiger partial charge is 0.415 e. The number of halogens is 3. The van der Waals surface area contributed by atoms with Crippen LogP contribution in [0.4, 0.5) is 43.2 Å². The number of piperazine rings is 2. The second kappa shape index (κ2) is 21.0. The lowest BCUT2D eigenvalue weighted by Crippen LogP contribution is -2.50. The molecule has 1 atom stereocenters. The van der Waals surface area contributed by atoms with E-state index in [1.165, 1.54) is 6.20 Å². The molecule has 4 aliphatic heterocycles. The fourth-order valence-electron chi connectivity index (χ4n) is 9.31. The van der Waals surface area contributed by atoms with Crippen molar-refractivity contribution in [3.63, 3.8) is 0 Å². The van der Waals surface area contributed by atoms with Gasteiger partial charge in [-0.25, -0.2) is 28.5 Å². The van der Waals surface area contributed by atoms with E-state index in [4.69, 9.17) is 47.2 Å². The number of methoxy groups -OCH3 is 1. The molecule has 1 aromatic carbocycles. The summed E-state index contributed by atoms with van der Waals surface area (Å²) in [6.07, 6.45) is 0.590. The van der Waals surface area contributed by atoms with Crippen LogP contribution in [0.25, 0.3) is 11.4 Å². The van der Waals surface area contributed by atoms with Crippen molar-refractivity contribution in [1.82, 2.24) is 54.6 Å². The number of hydrogen-bond donors (Lipinski definition) is 2. The molecule has 4 aromatic heterocycles. The highest BCUT2D eigenvalue weighted by Crippen LogP contribution is 2.42. The van der Waals surface area contributed by atoms with Crippen LogP contribution in [-0.2, 0) is 22.5 Å². The van der Waals surface area contributed by atoms with Gasteiger partial charge in [-0.1, -0.05) is 23.7 Å². The average molecular weight is 986 g/mol. The zero-order valence-electron chi connectivity index (χ0n) is 39.2. The molecule has 21 nitrogen and oxygen atoms in total. The number of carbonyl (C=O) groups excluding carboxylic acids is 2. The van der Waals surface area contributed by atoms with Crippen molar-refractivity contribution < 1.29 is 32.6 Å². The minimum absolute atomic E-state index is 0.0125. The lowest BCUT2D eigenvalue weighted by Gasteiger charge is -2.35. The normalized spacial score (nSPS) is 17.6. The van der Waals surface area contributed by atoms with Gasteiger partial charge in [0.2, 0.25) is 29.7 Å². The first-order chi connectivity index (χ1) is 33.8. The van der Waals surface area contributed by atoms with Gasteiger partial charge in [-0.2, -0.15) is 19.9 Å². The second-order valence-electron chi connectivity index (χ2n) is 17.6. The molecule has 4 aliphatic rings. The Bertz CT molecular complexity index is 2700. The van der Waals surface area contributed by atoms with Gasteiger partial charge in [0, 0.05) is 107 Å². The highest BCUT2D eigenvalue weighted by Gasteiger charge is 2.35. The van der Waals surface area contributed by atoms with Crippen LogP contribution >= 0.6 is 11.6 Å². The van der Waals surface area contributed by atoms with Gasteiger partial charge in [-0.05, 0) is 44.5 Å². The lowest BCUT2D eigenvalue weighted by molar-refractivity contribution is -0.132. The fourth-order valence-corrected chi connectivity index (χ4v) is 9.64. The summed E-state index contributed by atoms with van der Waals surface area (Å²) in [6, 6.07) is 6.96. The third-order valence-electron chi connectivity index (χ3n) is 13.1. The van der Waals surface area contributed by atoms with Crippen molar-refractivity contribution in [2.75, 3.05) is 125 Å². The number of carbonyl (C=O) groups is 2. The van der Waals surface area contributed by atoms with Crippen LogP contribution in [0.5, 0.6) is 11.5 Å². The van der Waals surface area contributed by atoms with Crippen LogP contribution in [0, 0.1) is 13.8 Å². The van der Waals surface area contributed by atoms with Crippen molar-refractivity contribution in [3.8, 4) is 22.9 Å². The highest BCUT2D eigenvalue weighted by atomic mass is 35.5. The number of pyridine rings is 1. The van der Waals surface area contributed by atoms with Crippen LogP contribution in [0.3, 0.4) is 0 Å². The minimum Gasteiger partial charge on any atom is -0.496 e. The number of aromatic nitrogens is 8. The molecule has 370 valence electrons. The summed E-state index contributed by atoms with van der Waals surface area (Å²) >= 11 is 6.71. The Kier molecular flexibility index (Phi) is 14.5. The van der Waals surface area contributed by atoms with Crippen molar-refractivity contribution in [2.24, 2.45) is 0 Å². The van der Waals surface area contributed by atoms with E-state index < -0.39 is 18.2 Å². The van der Waals surface area contributed by atoms with E-state index >= 15 is 0 Å². The SMILES string of the molecule is COc1c(C)cnc(CN2C[C@H](CCN3CCN(C(=O)Cc4ccc(OC(=O)N5CCN(c6nc(-c7cnc(N)nc7C(F)F)nc(N7CCOCC7)n6)CC5)cc4)CC3)c3c(Cl)nc(N)nc32)c1C. The zero-order valence-corrected chi connectivity index (χ0v) is 40.0. The number of morpholine rings is 1. The standard InChI is InChI=1S/C46H55ClF2N16O5/c1-27-23-52-33(28(2)37(27)68-3)26-65-25-30(35-38(47)55-43(51)58-41(35)65)8-9-60-10-12-61(13-11-60)34(66)22-29-4-6-31(7-5-29)70-46(67)64-16-14-62(15-17-64)44-56-40(32-24-53-42(50)54-36(32)39(48)49)57-45(59-44)63-18-20-69-21-19-63/h4-7,23-24,30,39H,8-22,25-26H2,1-3H3,(H2,50,53,54)(H2,51,55,58)/t30-/m0/s1. The van der Waals surface area contributed by atoms with Crippen LogP contribution in [-0.4, -0.2) is 165 Å². The van der Waals surface area contributed by atoms with Crippen molar-refractivity contribution in [3.05, 3.63) is 75.5 Å². The quantitative estimate of drug-likeness (QED) is 0.159. The summed E-state index contributed by atoms with van der Waals surface area (Å²) in [6.45, 7) is 11.9. The number of nitrogens with two attached hydrogens (primary N) is 2. The Labute approximate surface area is 408 Å². The van der Waals surface area contributed by atoms with Crippen molar-refractivity contribution in [2.45, 2.75) is 45.6 Å². The number of anilines is 5. The molecule has 0 bridgehead atoms. The number of benzene rings is 1. The van der Waals surface area contributed by atoms with Gasteiger partial charge in [-0.15, -0.1) is 0 Å². The van der Waals surface area contributed by atoms with E-state index in [1.807, 2.05) is 34.7 Å². The van der Waals surface area contributed by atoms with Crippen LogP contribution < -0.4 is 35.6 Å². The van der Waals surface area contributed by atoms with Gasteiger partial charge < -0.3 is 50.2 Å². The van der Waals surface area contributed by atoms with Crippen LogP contribution in [0.1, 0.15) is 52.4 Å². The fraction of sp³-hybridized carbons (Fsp3) is 0.478. The number of aryl methyl sites for hydroxylation is 1. The average Bonchev–Trinajstić information content (AvgIpc) is 3.71. The number of rotatable bonds is 13. The maximum absolute atomic E-state index is 14.1. The molecule has 0 unspecified atom stereocenters. The molecule has 9 rings (SSSR count). The summed E-state index contributed by atoms with van der Waals surface area (Å²) in [4.78, 5) is 73.6. The van der Waals surface area contributed by atoms with Gasteiger partial charge in [0.05, 0.1) is 44.5 Å².